The molecule has 0 bridgehead atoms. The number of thiocarbonyl (C=S) groups is 1. The summed E-state index contributed by atoms with van der Waals surface area (Å²) < 4.78 is 6.21. The second kappa shape index (κ2) is 8.71. The lowest BCUT2D eigenvalue weighted by Gasteiger charge is -2.15. The highest BCUT2D eigenvalue weighted by atomic mass is 35.5. The normalized spacial score (nSPS) is 15.1. The molecule has 1 aromatic heterocycles. The number of nitro groups is 1. The third-order valence-corrected chi connectivity index (χ3v) is 7.02. The first kappa shape index (κ1) is 22.5. The van der Waals surface area contributed by atoms with Crippen LogP contribution in [-0.2, 0) is 4.79 Å². The number of anilines is 1. The average Bonchev–Trinajstić information content (AvgIpc) is 3.30. The highest BCUT2D eigenvalue weighted by Gasteiger charge is 2.34. The predicted molar refractivity (Wildman–Crippen MR) is 132 cm³/mol. The zero-order valence-corrected chi connectivity index (χ0v) is 19.9. The fraction of sp³-hybridized carbons (Fsp3) is 0.0909. The van der Waals surface area contributed by atoms with Gasteiger partial charge < -0.3 is 4.42 Å². The van der Waals surface area contributed by atoms with E-state index < -0.39 is 4.92 Å². The van der Waals surface area contributed by atoms with Crippen LogP contribution in [0.4, 0.5) is 11.4 Å². The topological polar surface area (TPSA) is 76.6 Å². The summed E-state index contributed by atoms with van der Waals surface area (Å²) in [5, 5.41) is 12.0. The molecule has 1 aliphatic heterocycles. The Morgan fingerprint density at radius 1 is 1.12 bits per heavy atom. The molecule has 0 N–H and O–H groups in total. The molecule has 0 aliphatic carbocycles. The number of carbonyl (C=O) groups excluding carboxylic acids is 1. The maximum atomic E-state index is 13.0. The molecule has 162 valence electrons. The first-order valence-corrected chi connectivity index (χ1v) is 11.2. The minimum Gasteiger partial charge on any atom is -0.457 e. The second-order valence-electron chi connectivity index (χ2n) is 7.01. The van der Waals surface area contributed by atoms with E-state index in [0.29, 0.717) is 47.6 Å². The van der Waals surface area contributed by atoms with E-state index in [1.807, 2.05) is 13.0 Å². The first-order chi connectivity index (χ1) is 15.2. The largest absolute Gasteiger partial charge is 0.457 e. The Bertz CT molecular complexity index is 1330. The van der Waals surface area contributed by atoms with Gasteiger partial charge in [-0.15, -0.1) is 0 Å². The molecule has 2 aromatic carbocycles. The van der Waals surface area contributed by atoms with Crippen LogP contribution in [0.25, 0.3) is 17.4 Å². The summed E-state index contributed by atoms with van der Waals surface area (Å²) in [4.78, 5) is 25.6. The van der Waals surface area contributed by atoms with Gasteiger partial charge in [-0.25, -0.2) is 0 Å². The number of amides is 1. The molecule has 10 heteroatoms. The average molecular weight is 505 g/mol. The van der Waals surface area contributed by atoms with Crippen LogP contribution >= 0.6 is 47.2 Å². The summed E-state index contributed by atoms with van der Waals surface area (Å²) in [6, 6.07) is 11.6. The number of furan rings is 1. The van der Waals surface area contributed by atoms with Gasteiger partial charge in [-0.1, -0.05) is 47.2 Å². The molecule has 1 fully saturated rings. The summed E-state index contributed by atoms with van der Waals surface area (Å²) in [6.07, 6.45) is 1.59. The van der Waals surface area contributed by atoms with Gasteiger partial charge in [0.15, 0.2) is 4.32 Å². The van der Waals surface area contributed by atoms with Gasteiger partial charge in [-0.05, 0) is 55.8 Å². The van der Waals surface area contributed by atoms with E-state index >= 15 is 0 Å². The molecule has 2 heterocycles. The Kier molecular flexibility index (Phi) is 6.13. The van der Waals surface area contributed by atoms with Gasteiger partial charge in [0.25, 0.3) is 11.6 Å². The van der Waals surface area contributed by atoms with Gasteiger partial charge in [-0.3, -0.25) is 19.8 Å². The molecule has 32 heavy (non-hydrogen) atoms. The smallest absolute Gasteiger partial charge is 0.273 e. The van der Waals surface area contributed by atoms with Crippen LogP contribution in [0.15, 0.2) is 51.8 Å². The Morgan fingerprint density at radius 3 is 2.56 bits per heavy atom. The molecule has 0 radical (unpaired) electrons. The van der Waals surface area contributed by atoms with Gasteiger partial charge in [0.05, 0.1) is 25.6 Å². The zero-order chi connectivity index (χ0) is 23.2. The molecule has 1 aliphatic rings. The summed E-state index contributed by atoms with van der Waals surface area (Å²) >= 11 is 18.5. The Labute approximate surface area is 202 Å². The van der Waals surface area contributed by atoms with Crippen molar-refractivity contribution in [1.82, 2.24) is 0 Å². The van der Waals surface area contributed by atoms with E-state index in [4.69, 9.17) is 39.8 Å². The summed E-state index contributed by atoms with van der Waals surface area (Å²) in [6.45, 7) is 3.52. The zero-order valence-electron chi connectivity index (χ0n) is 16.7. The van der Waals surface area contributed by atoms with Crippen LogP contribution in [-0.4, -0.2) is 15.2 Å². The van der Waals surface area contributed by atoms with Crippen LogP contribution in [0, 0.1) is 24.0 Å². The number of nitrogens with zero attached hydrogens (tertiary/aromatic N) is 2. The number of carbonyl (C=O) groups is 1. The van der Waals surface area contributed by atoms with Crippen LogP contribution in [0.3, 0.4) is 0 Å². The maximum absolute atomic E-state index is 13.0. The fourth-order valence-electron chi connectivity index (χ4n) is 3.20. The summed E-state index contributed by atoms with van der Waals surface area (Å²) in [7, 11) is 0. The van der Waals surface area contributed by atoms with E-state index in [2.05, 4.69) is 0 Å². The molecule has 4 rings (SSSR count). The molecule has 1 saturated heterocycles. The number of benzene rings is 2. The fourth-order valence-corrected chi connectivity index (χ4v) is 4.77. The molecule has 1 amide bonds. The van der Waals surface area contributed by atoms with Crippen molar-refractivity contribution in [1.29, 1.82) is 0 Å². The molecular formula is C22H14Cl2N2O4S2. The lowest BCUT2D eigenvalue weighted by Crippen LogP contribution is -2.27. The van der Waals surface area contributed by atoms with Crippen LogP contribution in [0.2, 0.25) is 10.0 Å². The summed E-state index contributed by atoms with van der Waals surface area (Å²) in [5.41, 5.74) is 2.53. The van der Waals surface area contributed by atoms with Crippen molar-refractivity contribution in [3.8, 4) is 11.3 Å². The number of nitro benzene ring substituents is 1. The first-order valence-electron chi connectivity index (χ1n) is 9.24. The van der Waals surface area contributed by atoms with Crippen molar-refractivity contribution >= 4 is 74.9 Å². The standard InChI is InChI=1S/C22H14Cl2N2O4S2/c1-11-7-13(8-18(12(11)2)26(28)29)19-6-4-15(30-19)10-20-21(27)25(22(31)32-20)14-3-5-16(23)17(24)9-14/h3-10H,1-2H3/b20-10-. The molecule has 0 saturated carbocycles. The Morgan fingerprint density at radius 2 is 1.88 bits per heavy atom. The predicted octanol–water partition coefficient (Wildman–Crippen LogP) is 7.18. The van der Waals surface area contributed by atoms with Gasteiger partial charge in [-0.2, -0.15) is 0 Å². The quantitative estimate of drug-likeness (QED) is 0.162. The number of hydrogen-bond acceptors (Lipinski definition) is 6. The monoisotopic (exact) mass is 504 g/mol. The van der Waals surface area contributed by atoms with Crippen LogP contribution < -0.4 is 4.90 Å². The van der Waals surface area contributed by atoms with Crippen molar-refractivity contribution in [2.45, 2.75) is 13.8 Å². The summed E-state index contributed by atoms with van der Waals surface area (Å²) in [5.74, 6) is 0.580. The molecule has 6 nitrogen and oxygen atoms in total. The van der Waals surface area contributed by atoms with E-state index in [1.165, 1.54) is 11.0 Å². The minimum atomic E-state index is -0.413. The highest BCUT2D eigenvalue weighted by Crippen LogP contribution is 2.38. The SMILES string of the molecule is Cc1cc(-c2ccc(/C=C3\SC(=S)N(c4ccc(Cl)c(Cl)c4)C3=O)o2)cc([N+](=O)[O-])c1C. The number of halogens is 2. The van der Waals surface area contributed by atoms with Crippen LogP contribution in [0.5, 0.6) is 0 Å². The van der Waals surface area contributed by atoms with Gasteiger partial charge >= 0.3 is 0 Å². The Hall–Kier alpha value is -2.65. The molecule has 0 spiro atoms. The third kappa shape index (κ3) is 4.19. The maximum Gasteiger partial charge on any atom is 0.273 e. The van der Waals surface area contributed by atoms with Gasteiger partial charge in [0.2, 0.25) is 0 Å². The van der Waals surface area contributed by atoms with Crippen molar-refractivity contribution in [2.24, 2.45) is 0 Å². The Balaban J connectivity index is 1.64. The highest BCUT2D eigenvalue weighted by molar-refractivity contribution is 8.27. The van der Waals surface area contributed by atoms with Crippen molar-refractivity contribution in [2.75, 3.05) is 4.90 Å². The van der Waals surface area contributed by atoms with E-state index in [1.54, 1.807) is 43.3 Å². The number of thioether (sulfide) groups is 1. The van der Waals surface area contributed by atoms with E-state index in [-0.39, 0.29) is 11.6 Å². The van der Waals surface area contributed by atoms with E-state index in [0.717, 1.165) is 17.3 Å². The number of aryl methyl sites for hydroxylation is 1. The van der Waals surface area contributed by atoms with Gasteiger partial charge in [0.1, 0.15) is 11.5 Å². The molecule has 0 atom stereocenters. The number of hydrogen-bond donors (Lipinski definition) is 0. The molecular weight excluding hydrogens is 491 g/mol. The van der Waals surface area contributed by atoms with E-state index in [9.17, 15) is 14.9 Å². The minimum absolute atomic E-state index is 0.0282. The lowest BCUT2D eigenvalue weighted by atomic mass is 10.0. The lowest BCUT2D eigenvalue weighted by molar-refractivity contribution is -0.385. The van der Waals surface area contributed by atoms with Crippen LogP contribution in [0.1, 0.15) is 16.9 Å². The van der Waals surface area contributed by atoms with Crippen molar-refractivity contribution in [3.63, 3.8) is 0 Å². The molecule has 3 aromatic rings. The van der Waals surface area contributed by atoms with Crippen molar-refractivity contribution < 1.29 is 14.1 Å². The second-order valence-corrected chi connectivity index (χ2v) is 9.50. The number of rotatable bonds is 4. The van der Waals surface area contributed by atoms with Gasteiger partial charge in [0, 0.05) is 23.3 Å². The van der Waals surface area contributed by atoms with Crippen molar-refractivity contribution in [3.05, 3.63) is 84.4 Å². The third-order valence-electron chi connectivity index (χ3n) is 4.98. The molecule has 0 unspecified atom stereocenters.